The van der Waals surface area contributed by atoms with Crippen LogP contribution in [0.5, 0.6) is 5.75 Å². The minimum atomic E-state index is 0.172. The van der Waals surface area contributed by atoms with Gasteiger partial charge in [0.25, 0.3) is 0 Å². The van der Waals surface area contributed by atoms with E-state index in [4.69, 9.17) is 4.74 Å². The van der Waals surface area contributed by atoms with Gasteiger partial charge in [0.15, 0.2) is 0 Å². The molecule has 2 aliphatic rings. The van der Waals surface area contributed by atoms with Crippen molar-refractivity contribution < 1.29 is 9.53 Å². The number of aryl methyl sites for hydroxylation is 1. The first-order chi connectivity index (χ1) is 13.1. The van der Waals surface area contributed by atoms with Gasteiger partial charge in [-0.15, -0.1) is 0 Å². The number of piperazine rings is 1. The summed E-state index contributed by atoms with van der Waals surface area (Å²) in [5, 5.41) is 0. The third-order valence-electron chi connectivity index (χ3n) is 5.57. The van der Waals surface area contributed by atoms with Gasteiger partial charge >= 0.3 is 6.03 Å². The summed E-state index contributed by atoms with van der Waals surface area (Å²) in [5.74, 6) is 0.843. The Hall–Kier alpha value is -2.53. The molecule has 0 unspecified atom stereocenters. The number of methoxy groups -OCH3 is 1. The maximum atomic E-state index is 12.8. The molecule has 0 radical (unpaired) electrons. The lowest BCUT2D eigenvalue weighted by Crippen LogP contribution is -2.51. The average Bonchev–Trinajstić information content (AvgIpc) is 2.99. The highest BCUT2D eigenvalue weighted by Gasteiger charge is 2.40. The number of hydrogen-bond donors (Lipinski definition) is 0. The van der Waals surface area contributed by atoms with Crippen LogP contribution < -0.4 is 4.74 Å². The fraction of sp³-hybridized carbons (Fsp3) is 0.409. The predicted molar refractivity (Wildman–Crippen MR) is 106 cm³/mol. The lowest BCUT2D eigenvalue weighted by Gasteiger charge is -2.36. The number of nitrogens with zero attached hydrogens (tertiary/aromatic N) is 3. The number of rotatable bonds is 5. The highest BCUT2D eigenvalue weighted by molar-refractivity contribution is 5.77. The fourth-order valence-corrected chi connectivity index (χ4v) is 4.02. The molecule has 0 saturated carbocycles. The molecular formula is C22H27N3O2. The zero-order valence-electron chi connectivity index (χ0n) is 16.1. The summed E-state index contributed by atoms with van der Waals surface area (Å²) < 4.78 is 5.21. The molecule has 5 nitrogen and oxygen atoms in total. The van der Waals surface area contributed by atoms with Crippen molar-refractivity contribution in [2.45, 2.75) is 26.1 Å². The highest BCUT2D eigenvalue weighted by atomic mass is 16.5. The Morgan fingerprint density at radius 1 is 0.926 bits per heavy atom. The lowest BCUT2D eigenvalue weighted by molar-refractivity contribution is 0.116. The first-order valence-electron chi connectivity index (χ1n) is 9.59. The zero-order chi connectivity index (χ0) is 18.8. The van der Waals surface area contributed by atoms with Crippen molar-refractivity contribution in [3.8, 4) is 5.75 Å². The van der Waals surface area contributed by atoms with Gasteiger partial charge in [-0.3, -0.25) is 4.90 Å². The van der Waals surface area contributed by atoms with E-state index in [0.29, 0.717) is 6.54 Å². The minimum Gasteiger partial charge on any atom is -0.497 e. The van der Waals surface area contributed by atoms with Crippen LogP contribution in [0, 0.1) is 6.92 Å². The van der Waals surface area contributed by atoms with Gasteiger partial charge in [0.2, 0.25) is 0 Å². The molecular weight excluding hydrogens is 338 g/mol. The number of amides is 2. The second kappa shape index (κ2) is 7.61. The molecule has 2 aromatic rings. The van der Waals surface area contributed by atoms with Gasteiger partial charge in [0.05, 0.1) is 13.2 Å². The van der Waals surface area contributed by atoms with Gasteiger partial charge in [-0.1, -0.05) is 42.0 Å². The quantitative estimate of drug-likeness (QED) is 0.817. The Morgan fingerprint density at radius 3 is 2.30 bits per heavy atom. The third-order valence-corrected chi connectivity index (χ3v) is 5.57. The number of benzene rings is 2. The van der Waals surface area contributed by atoms with E-state index < -0.39 is 0 Å². The first kappa shape index (κ1) is 17.9. The average molecular weight is 365 g/mol. The molecule has 2 aliphatic heterocycles. The van der Waals surface area contributed by atoms with Crippen LogP contribution in [0.15, 0.2) is 48.5 Å². The van der Waals surface area contributed by atoms with Crippen molar-refractivity contribution in [3.05, 3.63) is 65.2 Å². The summed E-state index contributed by atoms with van der Waals surface area (Å²) in [7, 11) is 1.67. The predicted octanol–water partition coefficient (Wildman–Crippen LogP) is 3.13. The second-order valence-corrected chi connectivity index (χ2v) is 7.58. The summed E-state index contributed by atoms with van der Waals surface area (Å²) in [6.07, 6.45) is 0. The third kappa shape index (κ3) is 3.93. The minimum absolute atomic E-state index is 0.172. The van der Waals surface area contributed by atoms with E-state index in [1.807, 2.05) is 29.2 Å². The number of urea groups is 1. The SMILES string of the molecule is COc1ccc(CN2C[C@H]3CN(Cc4ccc(C)cc4)CCN3C2=O)cc1. The number of hydrogen-bond acceptors (Lipinski definition) is 3. The van der Waals surface area contributed by atoms with Crippen molar-refractivity contribution in [1.82, 2.24) is 14.7 Å². The molecule has 0 aromatic heterocycles. The van der Waals surface area contributed by atoms with Crippen molar-refractivity contribution >= 4 is 6.03 Å². The van der Waals surface area contributed by atoms with Crippen molar-refractivity contribution in [1.29, 1.82) is 0 Å². The molecule has 0 N–H and O–H groups in total. The molecule has 2 saturated heterocycles. The standard InChI is InChI=1S/C22H27N3O2/c1-17-3-5-18(6-4-17)13-23-11-12-25-20(15-23)16-24(22(25)26)14-19-7-9-21(27-2)10-8-19/h3-10,20H,11-16H2,1-2H3/t20-/m1/s1. The molecule has 5 heteroatoms. The van der Waals surface area contributed by atoms with E-state index in [9.17, 15) is 4.79 Å². The van der Waals surface area contributed by atoms with Gasteiger partial charge in [0.1, 0.15) is 5.75 Å². The van der Waals surface area contributed by atoms with Crippen LogP contribution in [-0.2, 0) is 13.1 Å². The number of ether oxygens (including phenoxy) is 1. The largest absolute Gasteiger partial charge is 0.497 e. The van der Waals surface area contributed by atoms with Crippen molar-refractivity contribution in [2.75, 3.05) is 33.3 Å². The maximum absolute atomic E-state index is 12.8. The Labute approximate surface area is 161 Å². The van der Waals surface area contributed by atoms with Crippen LogP contribution in [0.1, 0.15) is 16.7 Å². The van der Waals surface area contributed by atoms with Crippen LogP contribution in [0.25, 0.3) is 0 Å². The molecule has 142 valence electrons. The smallest absolute Gasteiger partial charge is 0.320 e. The lowest BCUT2D eigenvalue weighted by atomic mass is 10.1. The Bertz CT molecular complexity index is 788. The number of carbonyl (C=O) groups excluding carboxylic acids is 1. The van der Waals surface area contributed by atoms with E-state index in [-0.39, 0.29) is 12.1 Å². The normalized spacial score (nSPS) is 20.1. The van der Waals surface area contributed by atoms with Gasteiger partial charge in [-0.25, -0.2) is 4.79 Å². The van der Waals surface area contributed by atoms with Gasteiger partial charge in [-0.2, -0.15) is 0 Å². The van der Waals surface area contributed by atoms with E-state index in [1.165, 1.54) is 11.1 Å². The fourth-order valence-electron chi connectivity index (χ4n) is 4.02. The second-order valence-electron chi connectivity index (χ2n) is 7.58. The molecule has 2 fully saturated rings. The first-order valence-corrected chi connectivity index (χ1v) is 9.59. The summed E-state index contributed by atoms with van der Waals surface area (Å²) in [6, 6.07) is 17.2. The molecule has 2 heterocycles. The zero-order valence-corrected chi connectivity index (χ0v) is 16.1. The summed E-state index contributed by atoms with van der Waals surface area (Å²) in [5.41, 5.74) is 3.77. The highest BCUT2D eigenvalue weighted by Crippen LogP contribution is 2.24. The molecule has 4 rings (SSSR count). The summed E-state index contributed by atoms with van der Waals surface area (Å²) in [6.45, 7) is 7.23. The van der Waals surface area contributed by atoms with Gasteiger partial charge < -0.3 is 14.5 Å². The monoisotopic (exact) mass is 365 g/mol. The number of carbonyl (C=O) groups is 1. The van der Waals surface area contributed by atoms with Gasteiger partial charge in [0, 0.05) is 39.3 Å². The maximum Gasteiger partial charge on any atom is 0.320 e. The Balaban J connectivity index is 1.37. The molecule has 27 heavy (non-hydrogen) atoms. The van der Waals surface area contributed by atoms with Crippen molar-refractivity contribution in [3.63, 3.8) is 0 Å². The van der Waals surface area contributed by atoms with Crippen molar-refractivity contribution in [2.24, 2.45) is 0 Å². The molecule has 2 aromatic carbocycles. The molecule has 2 amide bonds. The van der Waals surface area contributed by atoms with Crippen LogP contribution in [-0.4, -0.2) is 60.1 Å². The van der Waals surface area contributed by atoms with Crippen LogP contribution >= 0.6 is 0 Å². The Kier molecular flexibility index (Phi) is 5.03. The van der Waals surface area contributed by atoms with E-state index >= 15 is 0 Å². The molecule has 0 spiro atoms. The molecule has 0 bridgehead atoms. The van der Waals surface area contributed by atoms with Crippen LogP contribution in [0.4, 0.5) is 4.79 Å². The summed E-state index contributed by atoms with van der Waals surface area (Å²) in [4.78, 5) is 19.3. The number of fused-ring (bicyclic) bond motifs is 1. The summed E-state index contributed by atoms with van der Waals surface area (Å²) >= 11 is 0. The van der Waals surface area contributed by atoms with Gasteiger partial charge in [-0.05, 0) is 30.2 Å². The van der Waals surface area contributed by atoms with E-state index in [0.717, 1.165) is 44.0 Å². The molecule has 1 atom stereocenters. The van der Waals surface area contributed by atoms with E-state index in [1.54, 1.807) is 7.11 Å². The van der Waals surface area contributed by atoms with Crippen LogP contribution in [0.2, 0.25) is 0 Å². The van der Waals surface area contributed by atoms with Crippen LogP contribution in [0.3, 0.4) is 0 Å². The van der Waals surface area contributed by atoms with E-state index in [2.05, 4.69) is 41.0 Å². The Morgan fingerprint density at radius 2 is 1.59 bits per heavy atom. The molecule has 0 aliphatic carbocycles. The topological polar surface area (TPSA) is 36.0 Å².